The van der Waals surface area contributed by atoms with Gasteiger partial charge >= 0.3 is 0 Å². The zero-order chi connectivity index (χ0) is 19.6. The number of benzene rings is 2. The van der Waals surface area contributed by atoms with Crippen LogP contribution in [0.15, 0.2) is 60.7 Å². The van der Waals surface area contributed by atoms with Gasteiger partial charge in [0, 0.05) is 26.2 Å². The van der Waals surface area contributed by atoms with Crippen molar-refractivity contribution in [3.63, 3.8) is 0 Å². The highest BCUT2D eigenvalue weighted by Crippen LogP contribution is 2.22. The van der Waals surface area contributed by atoms with Crippen LogP contribution in [0, 0.1) is 0 Å². The number of rotatable bonds is 8. The van der Waals surface area contributed by atoms with Crippen molar-refractivity contribution >= 4 is 29.7 Å². The molecule has 3 rings (SSSR count). The number of hydrogen-bond acceptors (Lipinski definition) is 3. The molecule has 158 valence electrons. The van der Waals surface area contributed by atoms with Gasteiger partial charge in [0.1, 0.15) is 0 Å². The van der Waals surface area contributed by atoms with Crippen LogP contribution in [0.1, 0.15) is 30.5 Å². The molecule has 4 nitrogen and oxygen atoms in total. The van der Waals surface area contributed by atoms with E-state index in [1.807, 2.05) is 0 Å². The van der Waals surface area contributed by atoms with E-state index in [1.165, 1.54) is 11.1 Å². The molecule has 29 heavy (non-hydrogen) atoms. The molecular weight excluding hydrogens is 402 g/mol. The fourth-order valence-electron chi connectivity index (χ4n) is 3.50. The van der Waals surface area contributed by atoms with Crippen LogP contribution in [0.5, 0.6) is 0 Å². The van der Waals surface area contributed by atoms with Gasteiger partial charge in [-0.1, -0.05) is 60.7 Å². The fraction of sp³-hybridized carbons (Fsp3) is 0.435. The smallest absolute Gasteiger partial charge is 0.169 e. The number of hydrogen-bond donors (Lipinski definition) is 1. The second-order valence-electron chi connectivity index (χ2n) is 7.24. The van der Waals surface area contributed by atoms with Crippen molar-refractivity contribution in [1.82, 2.24) is 15.1 Å². The topological polar surface area (TPSA) is 27.7 Å². The van der Waals surface area contributed by atoms with Crippen LogP contribution in [-0.2, 0) is 11.3 Å². The zero-order valence-electron chi connectivity index (χ0n) is 17.1. The van der Waals surface area contributed by atoms with E-state index in [4.69, 9.17) is 17.0 Å². The Labute approximate surface area is 186 Å². The lowest BCUT2D eigenvalue weighted by atomic mass is 10.1. The van der Waals surface area contributed by atoms with Crippen molar-refractivity contribution in [1.29, 1.82) is 0 Å². The predicted octanol–water partition coefficient (Wildman–Crippen LogP) is 4.27. The molecule has 0 bridgehead atoms. The van der Waals surface area contributed by atoms with E-state index in [-0.39, 0.29) is 18.4 Å². The van der Waals surface area contributed by atoms with E-state index in [1.54, 1.807) is 0 Å². The molecule has 1 saturated heterocycles. The molecule has 1 atom stereocenters. The summed E-state index contributed by atoms with van der Waals surface area (Å²) in [6.45, 7) is 8.78. The molecule has 0 spiro atoms. The van der Waals surface area contributed by atoms with Gasteiger partial charge < -0.3 is 15.0 Å². The summed E-state index contributed by atoms with van der Waals surface area (Å²) in [7, 11) is 0. The predicted molar refractivity (Wildman–Crippen MR) is 127 cm³/mol. The summed E-state index contributed by atoms with van der Waals surface area (Å²) in [5, 5.41) is 4.31. The minimum absolute atomic E-state index is 0. The molecule has 1 N–H and O–H groups in total. The lowest BCUT2D eigenvalue weighted by Gasteiger charge is -2.33. The average Bonchev–Trinajstić information content (AvgIpc) is 2.76. The minimum Gasteiger partial charge on any atom is -0.379 e. The third-order valence-electron chi connectivity index (χ3n) is 5.24. The van der Waals surface area contributed by atoms with Crippen molar-refractivity contribution in [3.05, 3.63) is 71.8 Å². The summed E-state index contributed by atoms with van der Waals surface area (Å²) in [5.41, 5.74) is 2.54. The van der Waals surface area contributed by atoms with E-state index in [0.29, 0.717) is 0 Å². The first-order valence-electron chi connectivity index (χ1n) is 10.2. The summed E-state index contributed by atoms with van der Waals surface area (Å²) in [5.74, 6) is 0. The maximum Gasteiger partial charge on any atom is 0.169 e. The maximum absolute atomic E-state index is 5.80. The number of halogens is 1. The van der Waals surface area contributed by atoms with Crippen molar-refractivity contribution < 1.29 is 4.74 Å². The molecule has 0 aromatic heterocycles. The molecule has 2 aromatic rings. The lowest BCUT2D eigenvalue weighted by molar-refractivity contribution is 0.0375. The van der Waals surface area contributed by atoms with E-state index in [0.717, 1.165) is 57.5 Å². The average molecular weight is 434 g/mol. The highest BCUT2D eigenvalue weighted by Gasteiger charge is 2.19. The summed E-state index contributed by atoms with van der Waals surface area (Å²) >= 11 is 5.80. The van der Waals surface area contributed by atoms with Crippen molar-refractivity contribution in [2.75, 3.05) is 39.4 Å². The Bertz CT molecular complexity index is 711. The van der Waals surface area contributed by atoms with Crippen molar-refractivity contribution in [3.8, 4) is 0 Å². The lowest BCUT2D eigenvalue weighted by Crippen LogP contribution is -2.42. The molecule has 2 aromatic carbocycles. The number of thiocarbonyl (C=S) groups is 1. The Hall–Kier alpha value is -1.66. The second-order valence-corrected chi connectivity index (χ2v) is 7.63. The Morgan fingerprint density at radius 3 is 2.34 bits per heavy atom. The number of ether oxygens (including phenoxy) is 1. The molecular formula is C23H32ClN3OS. The van der Waals surface area contributed by atoms with Gasteiger partial charge in [0.2, 0.25) is 0 Å². The molecule has 0 aliphatic carbocycles. The fourth-order valence-corrected chi connectivity index (χ4v) is 3.83. The quantitative estimate of drug-likeness (QED) is 0.495. The summed E-state index contributed by atoms with van der Waals surface area (Å²) < 4.78 is 5.42. The molecule has 1 aliphatic rings. The van der Waals surface area contributed by atoms with E-state index in [9.17, 15) is 0 Å². The molecule has 0 amide bonds. The van der Waals surface area contributed by atoms with Crippen LogP contribution in [0.4, 0.5) is 0 Å². The van der Waals surface area contributed by atoms with Gasteiger partial charge in [-0.2, -0.15) is 0 Å². The third kappa shape index (κ3) is 7.59. The van der Waals surface area contributed by atoms with Gasteiger partial charge in [0.25, 0.3) is 0 Å². The van der Waals surface area contributed by atoms with E-state index < -0.39 is 0 Å². The first-order valence-corrected chi connectivity index (χ1v) is 10.6. The van der Waals surface area contributed by atoms with Crippen LogP contribution < -0.4 is 5.32 Å². The number of morpholine rings is 1. The van der Waals surface area contributed by atoms with Crippen LogP contribution in [0.2, 0.25) is 0 Å². The molecule has 0 saturated carbocycles. The zero-order valence-corrected chi connectivity index (χ0v) is 18.8. The summed E-state index contributed by atoms with van der Waals surface area (Å²) in [6, 6.07) is 21.3. The van der Waals surface area contributed by atoms with Crippen LogP contribution >= 0.6 is 24.6 Å². The van der Waals surface area contributed by atoms with Gasteiger partial charge in [0.15, 0.2) is 5.11 Å². The first-order chi connectivity index (χ1) is 13.7. The molecule has 0 radical (unpaired) electrons. The Morgan fingerprint density at radius 2 is 1.69 bits per heavy atom. The van der Waals surface area contributed by atoms with Crippen molar-refractivity contribution in [2.45, 2.75) is 25.9 Å². The minimum atomic E-state index is 0. The summed E-state index contributed by atoms with van der Waals surface area (Å²) in [4.78, 5) is 4.75. The molecule has 1 fully saturated rings. The highest BCUT2D eigenvalue weighted by atomic mass is 35.5. The number of nitrogens with zero attached hydrogens (tertiary/aromatic N) is 2. The third-order valence-corrected chi connectivity index (χ3v) is 5.62. The SMILES string of the molecule is CC(c1ccccc1)N(Cc1ccccc1)C(=S)NCCCN1CCOCC1.Cl. The van der Waals surface area contributed by atoms with Gasteiger partial charge in [-0.25, -0.2) is 0 Å². The molecule has 1 unspecified atom stereocenters. The first kappa shape index (κ1) is 23.6. The Balaban J connectivity index is 0.00000300. The normalized spacial score (nSPS) is 15.2. The van der Waals surface area contributed by atoms with E-state index >= 15 is 0 Å². The van der Waals surface area contributed by atoms with E-state index in [2.05, 4.69) is 82.7 Å². The molecule has 1 aliphatic heterocycles. The Morgan fingerprint density at radius 1 is 1.07 bits per heavy atom. The van der Waals surface area contributed by atoms with Gasteiger partial charge in [-0.15, -0.1) is 12.4 Å². The largest absolute Gasteiger partial charge is 0.379 e. The number of nitrogens with one attached hydrogen (secondary N) is 1. The van der Waals surface area contributed by atoms with Gasteiger partial charge in [0.05, 0.1) is 19.3 Å². The van der Waals surface area contributed by atoms with Gasteiger partial charge in [-0.3, -0.25) is 4.90 Å². The maximum atomic E-state index is 5.80. The molecule has 1 heterocycles. The highest BCUT2D eigenvalue weighted by molar-refractivity contribution is 7.80. The van der Waals surface area contributed by atoms with Crippen LogP contribution in [-0.4, -0.2) is 54.3 Å². The van der Waals surface area contributed by atoms with Crippen LogP contribution in [0.25, 0.3) is 0 Å². The second kappa shape index (κ2) is 12.8. The Kier molecular flexibility index (Phi) is 10.4. The summed E-state index contributed by atoms with van der Waals surface area (Å²) in [6.07, 6.45) is 1.08. The van der Waals surface area contributed by atoms with Crippen LogP contribution in [0.3, 0.4) is 0 Å². The standard InChI is InChI=1S/C23H31N3OS.ClH/c1-20(22-11-6-3-7-12-22)26(19-21-9-4-2-5-10-21)23(28)24-13-8-14-25-15-17-27-18-16-25;/h2-7,9-12,20H,8,13-19H2,1H3,(H,24,28);1H. The van der Waals surface area contributed by atoms with Crippen molar-refractivity contribution in [2.24, 2.45) is 0 Å². The monoisotopic (exact) mass is 433 g/mol. The van der Waals surface area contributed by atoms with Gasteiger partial charge in [-0.05, 0) is 43.2 Å². The molecule has 6 heteroatoms.